The van der Waals surface area contributed by atoms with Crippen LogP contribution in [0, 0.1) is 0 Å². The van der Waals surface area contributed by atoms with E-state index in [9.17, 15) is 9.90 Å². The number of aromatic hydroxyl groups is 1. The van der Waals surface area contributed by atoms with Crippen molar-refractivity contribution in [3.63, 3.8) is 0 Å². The molecule has 0 saturated heterocycles. The molecule has 1 aliphatic rings. The largest absolute Gasteiger partial charge is 0.508 e. The summed E-state index contributed by atoms with van der Waals surface area (Å²) in [6.45, 7) is 1.98. The molecule has 0 radical (unpaired) electrons. The van der Waals surface area contributed by atoms with E-state index in [1.165, 1.54) is 25.0 Å². The Morgan fingerprint density at radius 1 is 1.28 bits per heavy atom. The average Bonchev–Trinajstić information content (AvgIpc) is 3.35. The fraction of sp³-hybridized carbons (Fsp3) is 0.389. The standard InChI is InChI=1S/C18H19N3O3S/c1-3-10-6-13-12(7-16(23)24-15(13)8-14(10)22)9-25-18-20-19-17(21(18)2)11-4-5-11/h6-8,11,22H,3-5,9H2,1-2H3. The molecule has 0 amide bonds. The molecule has 2 heterocycles. The zero-order chi connectivity index (χ0) is 17.6. The van der Waals surface area contributed by atoms with Gasteiger partial charge in [-0.1, -0.05) is 18.7 Å². The van der Waals surface area contributed by atoms with Gasteiger partial charge < -0.3 is 14.1 Å². The molecule has 4 rings (SSSR count). The number of phenolic OH excluding ortho intramolecular Hbond substituents is 1. The Morgan fingerprint density at radius 2 is 2.08 bits per heavy atom. The highest BCUT2D eigenvalue weighted by atomic mass is 32.2. The lowest BCUT2D eigenvalue weighted by atomic mass is 10.1. The Kier molecular flexibility index (Phi) is 4.03. The first kappa shape index (κ1) is 16.2. The maximum atomic E-state index is 11.9. The molecular formula is C18H19N3O3S. The highest BCUT2D eigenvalue weighted by Crippen LogP contribution is 2.40. The van der Waals surface area contributed by atoms with Crippen LogP contribution in [0.3, 0.4) is 0 Å². The number of nitrogens with zero attached hydrogens (tertiary/aromatic N) is 3. The molecule has 3 aromatic rings. The number of rotatable bonds is 5. The van der Waals surface area contributed by atoms with Crippen LogP contribution in [0.25, 0.3) is 11.0 Å². The van der Waals surface area contributed by atoms with E-state index in [-0.39, 0.29) is 5.75 Å². The van der Waals surface area contributed by atoms with Gasteiger partial charge in [0.15, 0.2) is 5.16 Å². The summed E-state index contributed by atoms with van der Waals surface area (Å²) in [5.74, 6) is 2.34. The van der Waals surface area contributed by atoms with Crippen molar-refractivity contribution in [1.82, 2.24) is 14.8 Å². The number of aryl methyl sites for hydroxylation is 1. The number of phenols is 1. The van der Waals surface area contributed by atoms with Crippen LogP contribution in [-0.2, 0) is 19.2 Å². The van der Waals surface area contributed by atoms with Gasteiger partial charge in [0.2, 0.25) is 0 Å². The minimum atomic E-state index is -0.414. The van der Waals surface area contributed by atoms with Gasteiger partial charge in [-0.25, -0.2) is 4.79 Å². The normalized spacial score (nSPS) is 14.3. The van der Waals surface area contributed by atoms with E-state index in [1.54, 1.807) is 11.8 Å². The molecule has 6 nitrogen and oxygen atoms in total. The fourth-order valence-electron chi connectivity index (χ4n) is 3.00. The number of thioether (sulfide) groups is 1. The van der Waals surface area contributed by atoms with Crippen molar-refractivity contribution < 1.29 is 9.52 Å². The summed E-state index contributed by atoms with van der Waals surface area (Å²) in [6, 6.07) is 4.94. The summed E-state index contributed by atoms with van der Waals surface area (Å²) in [5, 5.41) is 20.3. The topological polar surface area (TPSA) is 81.2 Å². The molecule has 0 spiro atoms. The van der Waals surface area contributed by atoms with Crippen LogP contribution < -0.4 is 5.63 Å². The second kappa shape index (κ2) is 6.22. The van der Waals surface area contributed by atoms with Gasteiger partial charge in [-0.2, -0.15) is 0 Å². The van der Waals surface area contributed by atoms with Gasteiger partial charge in [0.25, 0.3) is 0 Å². The molecule has 2 aromatic heterocycles. The van der Waals surface area contributed by atoms with E-state index in [4.69, 9.17) is 4.42 Å². The van der Waals surface area contributed by atoms with E-state index in [0.717, 1.165) is 27.5 Å². The summed E-state index contributed by atoms with van der Waals surface area (Å²) in [5.41, 5.74) is 1.71. The van der Waals surface area contributed by atoms with Gasteiger partial charge in [-0.3, -0.25) is 0 Å². The van der Waals surface area contributed by atoms with Crippen molar-refractivity contribution in [1.29, 1.82) is 0 Å². The van der Waals surface area contributed by atoms with Crippen molar-refractivity contribution >= 4 is 22.7 Å². The third-order valence-corrected chi connectivity index (χ3v) is 5.65. The monoisotopic (exact) mass is 357 g/mol. The van der Waals surface area contributed by atoms with E-state index in [2.05, 4.69) is 10.2 Å². The van der Waals surface area contributed by atoms with Crippen molar-refractivity contribution in [2.75, 3.05) is 0 Å². The molecule has 1 saturated carbocycles. The SMILES string of the molecule is CCc1cc2c(CSc3nnc(C4CC4)n3C)cc(=O)oc2cc1O. The summed E-state index contributed by atoms with van der Waals surface area (Å²) >= 11 is 1.55. The Labute approximate surface area is 148 Å². The molecule has 1 N–H and O–H groups in total. The molecule has 0 aliphatic heterocycles. The lowest BCUT2D eigenvalue weighted by Gasteiger charge is -2.08. The van der Waals surface area contributed by atoms with Crippen LogP contribution in [0.1, 0.15) is 42.6 Å². The number of fused-ring (bicyclic) bond motifs is 1. The van der Waals surface area contributed by atoms with E-state index in [0.29, 0.717) is 23.7 Å². The fourth-order valence-corrected chi connectivity index (χ4v) is 3.91. The molecular weight excluding hydrogens is 338 g/mol. The first-order chi connectivity index (χ1) is 12.1. The number of aromatic nitrogens is 3. The van der Waals surface area contributed by atoms with Gasteiger partial charge in [0, 0.05) is 36.2 Å². The van der Waals surface area contributed by atoms with Gasteiger partial charge in [0.1, 0.15) is 17.2 Å². The predicted octanol–water partition coefficient (Wildman–Crippen LogP) is 3.36. The Bertz CT molecular complexity index is 1000. The van der Waals surface area contributed by atoms with Crippen LogP contribution in [0.5, 0.6) is 5.75 Å². The zero-order valence-corrected chi connectivity index (χ0v) is 15.0. The number of benzene rings is 1. The van der Waals surface area contributed by atoms with Crippen molar-refractivity contribution in [2.45, 2.75) is 43.0 Å². The second-order valence-electron chi connectivity index (χ2n) is 6.38. The minimum Gasteiger partial charge on any atom is -0.508 e. The van der Waals surface area contributed by atoms with Crippen molar-refractivity contribution in [2.24, 2.45) is 7.05 Å². The zero-order valence-electron chi connectivity index (χ0n) is 14.2. The number of hydrogen-bond acceptors (Lipinski definition) is 6. The third kappa shape index (κ3) is 3.04. The first-order valence-corrected chi connectivity index (χ1v) is 9.36. The molecule has 7 heteroatoms. The second-order valence-corrected chi connectivity index (χ2v) is 7.33. The molecule has 0 atom stereocenters. The van der Waals surface area contributed by atoms with Crippen LogP contribution in [0.15, 0.2) is 32.6 Å². The first-order valence-electron chi connectivity index (χ1n) is 8.37. The summed E-state index contributed by atoms with van der Waals surface area (Å²) in [6.07, 6.45) is 3.08. The van der Waals surface area contributed by atoms with Crippen LogP contribution in [-0.4, -0.2) is 19.9 Å². The quantitative estimate of drug-likeness (QED) is 0.557. The minimum absolute atomic E-state index is 0.158. The molecule has 1 aliphatic carbocycles. The van der Waals surface area contributed by atoms with Crippen LogP contribution in [0.4, 0.5) is 0 Å². The smallest absolute Gasteiger partial charge is 0.336 e. The Balaban J connectivity index is 1.67. The maximum absolute atomic E-state index is 11.9. The Morgan fingerprint density at radius 3 is 2.80 bits per heavy atom. The van der Waals surface area contributed by atoms with Crippen LogP contribution >= 0.6 is 11.8 Å². The molecule has 1 aromatic carbocycles. The number of hydrogen-bond donors (Lipinski definition) is 1. The summed E-state index contributed by atoms with van der Waals surface area (Å²) < 4.78 is 7.29. The van der Waals surface area contributed by atoms with E-state index in [1.807, 2.05) is 24.6 Å². The van der Waals surface area contributed by atoms with Crippen molar-refractivity contribution in [3.05, 3.63) is 45.6 Å². The lowest BCUT2D eigenvalue weighted by Crippen LogP contribution is -2.01. The van der Waals surface area contributed by atoms with Crippen molar-refractivity contribution in [3.8, 4) is 5.75 Å². The molecule has 25 heavy (non-hydrogen) atoms. The summed E-state index contributed by atoms with van der Waals surface area (Å²) in [4.78, 5) is 11.9. The van der Waals surface area contributed by atoms with Gasteiger partial charge in [0.05, 0.1) is 0 Å². The van der Waals surface area contributed by atoms with Gasteiger partial charge in [-0.05, 0) is 36.5 Å². The molecule has 0 bridgehead atoms. The highest BCUT2D eigenvalue weighted by molar-refractivity contribution is 7.98. The maximum Gasteiger partial charge on any atom is 0.336 e. The van der Waals surface area contributed by atoms with Gasteiger partial charge >= 0.3 is 5.63 Å². The van der Waals surface area contributed by atoms with E-state index >= 15 is 0 Å². The predicted molar refractivity (Wildman–Crippen MR) is 96.1 cm³/mol. The van der Waals surface area contributed by atoms with Crippen LogP contribution in [0.2, 0.25) is 0 Å². The van der Waals surface area contributed by atoms with E-state index < -0.39 is 5.63 Å². The third-order valence-electron chi connectivity index (χ3n) is 4.58. The average molecular weight is 357 g/mol. The highest BCUT2D eigenvalue weighted by Gasteiger charge is 2.29. The Hall–Kier alpha value is -2.28. The molecule has 0 unspecified atom stereocenters. The summed E-state index contributed by atoms with van der Waals surface area (Å²) in [7, 11) is 1.99. The molecule has 1 fully saturated rings. The van der Waals surface area contributed by atoms with Gasteiger partial charge in [-0.15, -0.1) is 10.2 Å². The lowest BCUT2D eigenvalue weighted by molar-refractivity contribution is 0.466. The molecule has 130 valence electrons.